The van der Waals surface area contributed by atoms with Gasteiger partial charge in [0, 0.05) is 42.3 Å². The van der Waals surface area contributed by atoms with E-state index in [0.29, 0.717) is 25.4 Å². The molecule has 0 radical (unpaired) electrons. The van der Waals surface area contributed by atoms with Gasteiger partial charge in [0.05, 0.1) is 18.8 Å². The number of likely N-dealkylation sites (N-methyl/N-ethyl adjacent to an activating group) is 6. The Kier molecular flexibility index (Phi) is 34.9. The molecule has 0 bridgehead atoms. The molecule has 0 spiro atoms. The van der Waals surface area contributed by atoms with Gasteiger partial charge in [0.2, 0.25) is 53.2 Å². The molecule has 25 nitrogen and oxygen atoms in total. The molecule has 1 heterocycles. The number of aliphatic hydroxyl groups excluding tert-OH is 2. The van der Waals surface area contributed by atoms with Gasteiger partial charge in [0.1, 0.15) is 54.4 Å². The summed E-state index contributed by atoms with van der Waals surface area (Å²) in [5, 5.41) is 37.9. The van der Waals surface area contributed by atoms with E-state index in [1.54, 1.807) is 34.6 Å². The molecule has 524 valence electrons. The quantitative estimate of drug-likeness (QED) is 0.0681. The zero-order valence-electron chi connectivity index (χ0n) is 60.0. The zero-order chi connectivity index (χ0) is 70.5. The molecule has 7 N–H and O–H groups in total. The number of carbonyl (C=O) groups is 11. The molecule has 2 unspecified atom stereocenters. The summed E-state index contributed by atoms with van der Waals surface area (Å²) in [6, 6.07) is -12.3. The Hall–Kier alpha value is -5.95. The van der Waals surface area contributed by atoms with E-state index in [0.717, 1.165) is 14.7 Å². The molecule has 0 aliphatic carbocycles. The minimum absolute atomic E-state index is 0.0803. The number of carbonyl (C=O) groups excluding carboxylic acids is 11. The van der Waals surface area contributed by atoms with Crippen molar-refractivity contribution < 1.29 is 67.7 Å². The monoisotopic (exact) mass is 1290 g/mol. The molecule has 0 aromatic heterocycles. The van der Waals surface area contributed by atoms with Gasteiger partial charge < -0.3 is 70.9 Å². The van der Waals surface area contributed by atoms with Gasteiger partial charge in [0.15, 0.2) is 6.10 Å². The van der Waals surface area contributed by atoms with Crippen molar-refractivity contribution in [3.8, 4) is 0 Å². The number of cyclic esters (lactones) is 1. The summed E-state index contributed by atoms with van der Waals surface area (Å²) in [5.41, 5.74) is 0. The Balaban J connectivity index is 4.42. The molecular weight excluding hydrogens is 1170 g/mol. The second-order valence-electron chi connectivity index (χ2n) is 28.9. The van der Waals surface area contributed by atoms with Gasteiger partial charge in [0.25, 0.3) is 5.91 Å². The van der Waals surface area contributed by atoms with Crippen LogP contribution in [0.3, 0.4) is 0 Å². The topological polar surface area (TPSA) is 317 Å². The van der Waals surface area contributed by atoms with Gasteiger partial charge in [-0.25, -0.2) is 4.79 Å². The van der Waals surface area contributed by atoms with Crippen molar-refractivity contribution in [3.05, 3.63) is 0 Å². The van der Waals surface area contributed by atoms with Crippen LogP contribution in [0, 0.1) is 53.3 Å². The Morgan fingerprint density at radius 1 is 0.462 bits per heavy atom. The van der Waals surface area contributed by atoms with Crippen molar-refractivity contribution in [2.24, 2.45) is 53.3 Å². The van der Waals surface area contributed by atoms with E-state index in [-0.39, 0.29) is 61.7 Å². The van der Waals surface area contributed by atoms with Crippen LogP contribution in [0.5, 0.6) is 0 Å². The molecule has 1 saturated heterocycles. The van der Waals surface area contributed by atoms with Crippen molar-refractivity contribution in [1.29, 1.82) is 0 Å². The molecule has 0 aromatic carbocycles. The highest BCUT2D eigenvalue weighted by Gasteiger charge is 2.46. The molecule has 25 heteroatoms. The highest BCUT2D eigenvalue weighted by molar-refractivity contribution is 5.99. The maximum atomic E-state index is 15.2. The molecule has 1 aliphatic rings. The molecule has 10 amide bonds. The first-order valence-electron chi connectivity index (χ1n) is 33.0. The smallest absolute Gasteiger partial charge is 0.329 e. The van der Waals surface area contributed by atoms with Crippen LogP contribution in [0.4, 0.5) is 0 Å². The summed E-state index contributed by atoms with van der Waals surface area (Å²) in [6.07, 6.45) is -3.81. The lowest BCUT2D eigenvalue weighted by Gasteiger charge is -2.40. The normalized spacial score (nSPS) is 26.2. The third-order valence-electron chi connectivity index (χ3n) is 16.6. The third-order valence-corrected chi connectivity index (χ3v) is 16.6. The lowest BCUT2D eigenvalue weighted by molar-refractivity contribution is -0.166. The van der Waals surface area contributed by atoms with Crippen LogP contribution in [0.25, 0.3) is 0 Å². The molecule has 0 saturated carbocycles. The minimum Gasteiger partial charge on any atom is -0.450 e. The summed E-state index contributed by atoms with van der Waals surface area (Å²) in [5.74, 6) is -11.2. The fraction of sp³-hybridized carbons (Fsp3) is 0.833. The summed E-state index contributed by atoms with van der Waals surface area (Å²) >= 11 is 0. The van der Waals surface area contributed by atoms with E-state index >= 15 is 9.59 Å². The van der Waals surface area contributed by atoms with E-state index in [2.05, 4.69) is 26.6 Å². The average molecular weight is 1290 g/mol. The Bertz CT molecular complexity index is 2420. The first-order valence-corrected chi connectivity index (χ1v) is 33.0. The number of hydrogen-bond donors (Lipinski definition) is 7. The van der Waals surface area contributed by atoms with Crippen molar-refractivity contribution in [2.45, 2.75) is 243 Å². The number of nitrogens with one attached hydrogen (secondary N) is 5. The maximum absolute atomic E-state index is 15.2. The highest BCUT2D eigenvalue weighted by atomic mass is 16.6. The Morgan fingerprint density at radius 2 is 0.868 bits per heavy atom. The van der Waals surface area contributed by atoms with E-state index < -0.39 is 162 Å². The number of aliphatic hydroxyl groups is 2. The predicted molar refractivity (Wildman–Crippen MR) is 350 cm³/mol. The van der Waals surface area contributed by atoms with Gasteiger partial charge in [-0.15, -0.1) is 0 Å². The van der Waals surface area contributed by atoms with Crippen molar-refractivity contribution >= 4 is 65.0 Å². The molecule has 0 aromatic rings. The van der Waals surface area contributed by atoms with E-state index in [1.165, 1.54) is 70.8 Å². The van der Waals surface area contributed by atoms with Gasteiger partial charge in [-0.05, 0) is 119 Å². The SMILES string of the molecule is CC(C)CNCC[C@@H](C)C(O)[C@@H]1C(=O)N[C@@H](C(C)O)C(=O)N(C)CC(=O)N(C)[C@@H](CC(C)C)C(=O)N[C@@H](CC(C)C)C(=O)N(C)[C@@H](CC(C)C)C(=O)N[C@H](C)C(=O)O[C@@H](C(C)C)C(=O)N(C)[C@@H](CC(C)C)C(=O)N[C@H](CC(C)C)C(=O)N(C)[C@H](C(C)C)C(=O)N1C. The summed E-state index contributed by atoms with van der Waals surface area (Å²) in [4.78, 5) is 168. The molecule has 91 heavy (non-hydrogen) atoms. The summed E-state index contributed by atoms with van der Waals surface area (Å²) < 4.78 is 5.90. The fourth-order valence-electron chi connectivity index (χ4n) is 11.2. The standard InChI is InChI=1S/C66H121N11O14/c1-35(2)28-46-61(85)74(22)49(31-38(7)8)57(81)68-44(18)66(90)91-56(42(15)16)65(89)75(23)50(32-39(9)10)59(83)70-47(29-36(3)4)62(86)76(24)53(41(13)14)64(88)77(25)54(55(80)43(17)26-27-67-33-40(11)12)60(84)71-52(45(19)78)63(87)72(20)34-51(79)73(21)48(30-37(5)6)58(82)69-46/h35-50,52-56,67,78,80H,26-34H2,1-25H3,(H,68,81)(H,69,82)(H,70,83)(H,71,84)/t43-,44-,45?,46+,47-,48+,49+,50+,52+,53-,54-,55?,56+/m1/s1. The van der Waals surface area contributed by atoms with Crippen molar-refractivity contribution in [2.75, 3.05) is 61.9 Å². The minimum atomic E-state index is -1.75. The zero-order valence-corrected chi connectivity index (χ0v) is 60.0. The summed E-state index contributed by atoms with van der Waals surface area (Å²) in [6.45, 7) is 34.0. The first kappa shape index (κ1) is 83.1. The molecule has 1 fully saturated rings. The largest absolute Gasteiger partial charge is 0.450 e. The molecule has 1 aliphatic heterocycles. The third kappa shape index (κ3) is 25.5. The van der Waals surface area contributed by atoms with Gasteiger partial charge >= 0.3 is 5.97 Å². The number of rotatable bonds is 20. The van der Waals surface area contributed by atoms with E-state index in [9.17, 15) is 53.4 Å². The van der Waals surface area contributed by atoms with Gasteiger partial charge in [-0.2, -0.15) is 0 Å². The van der Waals surface area contributed by atoms with Crippen molar-refractivity contribution in [3.63, 3.8) is 0 Å². The van der Waals surface area contributed by atoms with E-state index in [4.69, 9.17) is 4.74 Å². The average Bonchev–Trinajstić information content (AvgIpc) is 0.870. The number of hydrogen-bond acceptors (Lipinski definition) is 15. The Morgan fingerprint density at radius 3 is 1.27 bits per heavy atom. The number of ether oxygens (including phenoxy) is 1. The highest BCUT2D eigenvalue weighted by Crippen LogP contribution is 2.25. The first-order chi connectivity index (χ1) is 41.9. The molecular formula is C66H121N11O14. The number of nitrogens with zero attached hydrogens (tertiary/aromatic N) is 6. The molecule has 13 atom stereocenters. The number of amides is 10. The van der Waals surface area contributed by atoms with Crippen LogP contribution < -0.4 is 26.6 Å². The second-order valence-corrected chi connectivity index (χ2v) is 28.9. The fourth-order valence-corrected chi connectivity index (χ4v) is 11.2. The van der Waals surface area contributed by atoms with Crippen molar-refractivity contribution in [1.82, 2.24) is 56.0 Å². The van der Waals surface area contributed by atoms with Crippen LogP contribution in [0.2, 0.25) is 0 Å². The lowest BCUT2D eigenvalue weighted by atomic mass is 9.91. The van der Waals surface area contributed by atoms with Crippen LogP contribution in [-0.4, -0.2) is 239 Å². The van der Waals surface area contributed by atoms with Crippen LogP contribution in [-0.2, 0) is 57.5 Å². The summed E-state index contributed by atoms with van der Waals surface area (Å²) in [7, 11) is 8.16. The van der Waals surface area contributed by atoms with Crippen LogP contribution in [0.1, 0.15) is 170 Å². The van der Waals surface area contributed by atoms with Crippen LogP contribution in [0.15, 0.2) is 0 Å². The van der Waals surface area contributed by atoms with Gasteiger partial charge in [-0.3, -0.25) is 47.9 Å². The molecule has 1 rings (SSSR count). The Labute approximate surface area is 544 Å². The predicted octanol–water partition coefficient (Wildman–Crippen LogP) is 3.02. The van der Waals surface area contributed by atoms with Crippen LogP contribution >= 0.6 is 0 Å². The maximum Gasteiger partial charge on any atom is 0.329 e. The van der Waals surface area contributed by atoms with E-state index in [1.807, 2.05) is 83.1 Å². The second kappa shape index (κ2) is 38.3. The van der Waals surface area contributed by atoms with Gasteiger partial charge in [-0.1, -0.05) is 118 Å². The lowest BCUT2D eigenvalue weighted by Crippen LogP contribution is -2.64. The number of esters is 1.